The quantitative estimate of drug-likeness (QED) is 0.810. The van der Waals surface area contributed by atoms with Crippen molar-refractivity contribution in [1.82, 2.24) is 15.1 Å². The van der Waals surface area contributed by atoms with Crippen molar-refractivity contribution in [3.05, 3.63) is 21.6 Å². The number of nitrogens with zero attached hydrogens (tertiary/aromatic N) is 2. The van der Waals surface area contributed by atoms with Crippen LogP contribution in [0.3, 0.4) is 0 Å². The zero-order valence-electron chi connectivity index (χ0n) is 13.6. The van der Waals surface area contributed by atoms with Crippen molar-refractivity contribution in [2.24, 2.45) is 0 Å². The van der Waals surface area contributed by atoms with Crippen LogP contribution < -0.4 is 16.2 Å². The number of halogens is 1. The Bertz CT molecular complexity index is 578. The molecule has 0 aliphatic heterocycles. The lowest BCUT2D eigenvalue weighted by atomic mass is 10.2. The fraction of sp³-hybridized carbons (Fsp3) is 0.643. The second-order valence-corrected chi connectivity index (χ2v) is 6.45. The van der Waals surface area contributed by atoms with E-state index in [0.717, 1.165) is 0 Å². The molecular formula is C14H23ClN4O3. The average molecular weight is 331 g/mol. The summed E-state index contributed by atoms with van der Waals surface area (Å²) in [6.07, 6.45) is 1.01. The molecule has 0 fully saturated rings. The van der Waals surface area contributed by atoms with Crippen molar-refractivity contribution in [3.8, 4) is 0 Å². The summed E-state index contributed by atoms with van der Waals surface area (Å²) >= 11 is 6.02. The third-order valence-corrected chi connectivity index (χ3v) is 2.91. The molecule has 0 spiro atoms. The molecule has 0 aromatic carbocycles. The van der Waals surface area contributed by atoms with Crippen LogP contribution in [0.4, 0.5) is 10.5 Å². The maximum absolute atomic E-state index is 12.0. The van der Waals surface area contributed by atoms with E-state index in [1.165, 1.54) is 10.9 Å². The van der Waals surface area contributed by atoms with E-state index in [9.17, 15) is 9.59 Å². The Kier molecular flexibility index (Phi) is 6.22. The van der Waals surface area contributed by atoms with E-state index in [-0.39, 0.29) is 16.6 Å². The first-order valence-electron chi connectivity index (χ1n) is 7.10. The number of ether oxygens (including phenoxy) is 1. The molecule has 0 saturated heterocycles. The van der Waals surface area contributed by atoms with Gasteiger partial charge in [-0.3, -0.25) is 4.79 Å². The van der Waals surface area contributed by atoms with Gasteiger partial charge in [-0.25, -0.2) is 9.48 Å². The van der Waals surface area contributed by atoms with Gasteiger partial charge in [-0.1, -0.05) is 11.6 Å². The fourth-order valence-corrected chi connectivity index (χ4v) is 1.81. The Morgan fingerprint density at radius 3 is 2.59 bits per heavy atom. The van der Waals surface area contributed by atoms with E-state index in [0.29, 0.717) is 18.8 Å². The van der Waals surface area contributed by atoms with Crippen molar-refractivity contribution in [2.45, 2.75) is 46.3 Å². The van der Waals surface area contributed by atoms with E-state index in [1.54, 1.807) is 20.8 Å². The first-order valence-corrected chi connectivity index (χ1v) is 7.47. The second kappa shape index (κ2) is 7.49. The summed E-state index contributed by atoms with van der Waals surface area (Å²) < 4.78 is 6.42. The van der Waals surface area contributed by atoms with Gasteiger partial charge in [-0.15, -0.1) is 0 Å². The van der Waals surface area contributed by atoms with Crippen LogP contribution in [0.2, 0.25) is 5.02 Å². The lowest BCUT2D eigenvalue weighted by Crippen LogP contribution is -2.35. The highest BCUT2D eigenvalue weighted by Crippen LogP contribution is 2.15. The first-order chi connectivity index (χ1) is 10.1. The van der Waals surface area contributed by atoms with Gasteiger partial charge in [0.05, 0.1) is 17.9 Å². The lowest BCUT2D eigenvalue weighted by molar-refractivity contribution is 0.0530. The zero-order valence-corrected chi connectivity index (χ0v) is 14.3. The standard InChI is InChI=1S/C14H23ClN4O3/c1-9(2)19-12(20)11(15)10(8-18-19)16-6-7-17-13(21)22-14(3,4)5/h8-9,16H,6-7H2,1-5H3,(H,17,21). The summed E-state index contributed by atoms with van der Waals surface area (Å²) in [5.41, 5.74) is -0.442. The maximum Gasteiger partial charge on any atom is 0.407 e. The van der Waals surface area contributed by atoms with Crippen LogP contribution in [0.5, 0.6) is 0 Å². The van der Waals surface area contributed by atoms with Crippen LogP contribution in [0.15, 0.2) is 11.0 Å². The van der Waals surface area contributed by atoms with Gasteiger partial charge in [0.15, 0.2) is 0 Å². The molecule has 1 heterocycles. The predicted octanol–water partition coefficient (Wildman–Crippen LogP) is 2.41. The number of aromatic nitrogens is 2. The van der Waals surface area contributed by atoms with E-state index in [2.05, 4.69) is 15.7 Å². The molecule has 0 aliphatic carbocycles. The molecule has 22 heavy (non-hydrogen) atoms. The Balaban J connectivity index is 2.51. The minimum atomic E-state index is -0.536. The fourth-order valence-electron chi connectivity index (χ4n) is 1.61. The number of nitrogens with one attached hydrogen (secondary N) is 2. The van der Waals surface area contributed by atoms with Crippen molar-refractivity contribution in [2.75, 3.05) is 18.4 Å². The number of carbonyl (C=O) groups excluding carboxylic acids is 1. The molecule has 1 aromatic rings. The molecule has 124 valence electrons. The highest BCUT2D eigenvalue weighted by molar-refractivity contribution is 6.32. The smallest absolute Gasteiger partial charge is 0.407 e. The molecule has 0 atom stereocenters. The average Bonchev–Trinajstić information content (AvgIpc) is 2.36. The number of alkyl carbamates (subject to hydrolysis) is 1. The van der Waals surface area contributed by atoms with Crippen LogP contribution in [0, 0.1) is 0 Å². The van der Waals surface area contributed by atoms with Crippen molar-refractivity contribution in [3.63, 3.8) is 0 Å². The van der Waals surface area contributed by atoms with Crippen LogP contribution >= 0.6 is 11.6 Å². The summed E-state index contributed by atoms with van der Waals surface area (Å²) in [4.78, 5) is 23.4. The molecule has 2 N–H and O–H groups in total. The van der Waals surface area contributed by atoms with Gasteiger partial charge in [0.1, 0.15) is 10.6 Å². The lowest BCUT2D eigenvalue weighted by Gasteiger charge is -2.19. The van der Waals surface area contributed by atoms with E-state index >= 15 is 0 Å². The molecule has 0 radical (unpaired) electrons. The van der Waals surface area contributed by atoms with Crippen LogP contribution in [0.25, 0.3) is 0 Å². The Morgan fingerprint density at radius 2 is 2.05 bits per heavy atom. The van der Waals surface area contributed by atoms with Crippen molar-refractivity contribution in [1.29, 1.82) is 0 Å². The third-order valence-electron chi connectivity index (χ3n) is 2.54. The molecular weight excluding hydrogens is 308 g/mol. The van der Waals surface area contributed by atoms with Gasteiger partial charge in [0, 0.05) is 13.1 Å². The molecule has 0 bridgehead atoms. The number of carbonyl (C=O) groups is 1. The predicted molar refractivity (Wildman–Crippen MR) is 86.6 cm³/mol. The highest BCUT2D eigenvalue weighted by atomic mass is 35.5. The molecule has 1 rings (SSSR count). The normalized spacial score (nSPS) is 11.4. The molecule has 0 aliphatic rings. The molecule has 1 amide bonds. The van der Waals surface area contributed by atoms with Crippen molar-refractivity contribution >= 4 is 23.4 Å². The van der Waals surface area contributed by atoms with Gasteiger partial charge >= 0.3 is 6.09 Å². The minimum absolute atomic E-state index is 0.0621. The monoisotopic (exact) mass is 330 g/mol. The van der Waals surface area contributed by atoms with Gasteiger partial charge in [-0.05, 0) is 34.6 Å². The van der Waals surface area contributed by atoms with E-state index in [4.69, 9.17) is 16.3 Å². The summed E-state index contributed by atoms with van der Waals surface area (Å²) in [7, 11) is 0. The second-order valence-electron chi connectivity index (χ2n) is 6.07. The number of hydrogen-bond donors (Lipinski definition) is 2. The summed E-state index contributed by atoms with van der Waals surface area (Å²) in [6, 6.07) is -0.0621. The summed E-state index contributed by atoms with van der Waals surface area (Å²) in [5, 5.41) is 9.69. The van der Waals surface area contributed by atoms with Gasteiger partial charge < -0.3 is 15.4 Å². The Hall–Kier alpha value is -1.76. The number of amides is 1. The van der Waals surface area contributed by atoms with E-state index < -0.39 is 11.7 Å². The molecule has 7 nitrogen and oxygen atoms in total. The first kappa shape index (κ1) is 18.3. The third kappa shape index (κ3) is 5.55. The zero-order chi connectivity index (χ0) is 16.9. The van der Waals surface area contributed by atoms with Gasteiger partial charge in [0.2, 0.25) is 0 Å². The molecule has 1 aromatic heterocycles. The van der Waals surface area contributed by atoms with E-state index in [1.807, 2.05) is 13.8 Å². The van der Waals surface area contributed by atoms with Crippen molar-refractivity contribution < 1.29 is 9.53 Å². The van der Waals surface area contributed by atoms with Gasteiger partial charge in [0.25, 0.3) is 5.56 Å². The number of rotatable bonds is 5. The summed E-state index contributed by atoms with van der Waals surface area (Å²) in [5.74, 6) is 0. The number of anilines is 1. The largest absolute Gasteiger partial charge is 0.444 e. The molecule has 0 saturated carbocycles. The Morgan fingerprint density at radius 1 is 1.41 bits per heavy atom. The topological polar surface area (TPSA) is 85.2 Å². The number of hydrogen-bond acceptors (Lipinski definition) is 5. The minimum Gasteiger partial charge on any atom is -0.444 e. The summed E-state index contributed by atoms with van der Waals surface area (Å²) in [6.45, 7) is 9.80. The SMILES string of the molecule is CC(C)n1ncc(NCCNC(=O)OC(C)(C)C)c(Cl)c1=O. The van der Waals surface area contributed by atoms with Crippen LogP contribution in [-0.2, 0) is 4.74 Å². The Labute approximate surface area is 135 Å². The van der Waals surface area contributed by atoms with Crippen LogP contribution in [-0.4, -0.2) is 34.6 Å². The van der Waals surface area contributed by atoms with Gasteiger partial charge in [-0.2, -0.15) is 5.10 Å². The molecule has 8 heteroatoms. The maximum atomic E-state index is 12.0. The molecule has 0 unspecified atom stereocenters. The van der Waals surface area contributed by atoms with Crippen LogP contribution in [0.1, 0.15) is 40.7 Å². The highest BCUT2D eigenvalue weighted by Gasteiger charge is 2.15.